The summed E-state index contributed by atoms with van der Waals surface area (Å²) >= 11 is 0. The minimum atomic E-state index is -0.466. The summed E-state index contributed by atoms with van der Waals surface area (Å²) in [6.45, 7) is 1.42. The quantitative estimate of drug-likeness (QED) is 0.360. The number of Topliss-reactive ketones (excluding diaryl/α,β-unsaturated/α-hetero) is 4. The highest BCUT2D eigenvalue weighted by Gasteiger charge is 2.17. The van der Waals surface area contributed by atoms with Crippen LogP contribution in [0.4, 0.5) is 0 Å². The second kappa shape index (κ2) is 10.5. The Morgan fingerprint density at radius 2 is 0.857 bits per heavy atom. The molecule has 3 aromatic carbocycles. The zero-order valence-corrected chi connectivity index (χ0v) is 15.5. The van der Waals surface area contributed by atoms with E-state index in [4.69, 9.17) is 0 Å². The molecule has 3 rings (SSSR count). The highest BCUT2D eigenvalue weighted by molar-refractivity contribution is 6.49. The maximum Gasteiger partial charge on any atom is 0.233 e. The van der Waals surface area contributed by atoms with Gasteiger partial charge < -0.3 is 0 Å². The zero-order chi connectivity index (χ0) is 20.4. The minimum absolute atomic E-state index is 0.00398. The van der Waals surface area contributed by atoms with Gasteiger partial charge >= 0.3 is 0 Å². The Labute approximate surface area is 163 Å². The smallest absolute Gasteiger partial charge is 0.233 e. The summed E-state index contributed by atoms with van der Waals surface area (Å²) in [5.41, 5.74) is 1.46. The van der Waals surface area contributed by atoms with E-state index < -0.39 is 11.6 Å². The van der Waals surface area contributed by atoms with Crippen LogP contribution in [-0.2, 0) is 4.79 Å². The normalized spacial score (nSPS) is 9.61. The fourth-order valence-corrected chi connectivity index (χ4v) is 2.39. The molecule has 3 aromatic rings. The van der Waals surface area contributed by atoms with Crippen molar-refractivity contribution in [2.24, 2.45) is 0 Å². The fourth-order valence-electron chi connectivity index (χ4n) is 2.39. The van der Waals surface area contributed by atoms with Gasteiger partial charge in [-0.2, -0.15) is 0 Å². The van der Waals surface area contributed by atoms with Crippen LogP contribution >= 0.6 is 0 Å². The number of benzene rings is 3. The Morgan fingerprint density at radius 3 is 1.18 bits per heavy atom. The molecule has 0 bridgehead atoms. The van der Waals surface area contributed by atoms with Crippen LogP contribution < -0.4 is 0 Å². The van der Waals surface area contributed by atoms with Crippen LogP contribution in [0.2, 0.25) is 0 Å². The summed E-state index contributed by atoms with van der Waals surface area (Å²) in [5, 5.41) is 0. The largest absolute Gasteiger partial charge is 0.300 e. The predicted octanol–water partition coefficient (Wildman–Crippen LogP) is 4.60. The van der Waals surface area contributed by atoms with Crippen LogP contribution in [-0.4, -0.2) is 23.1 Å². The highest BCUT2D eigenvalue weighted by atomic mass is 16.2. The van der Waals surface area contributed by atoms with Gasteiger partial charge in [0, 0.05) is 16.7 Å². The van der Waals surface area contributed by atoms with Crippen molar-refractivity contribution in [3.63, 3.8) is 0 Å². The van der Waals surface area contributed by atoms with Gasteiger partial charge in [-0.3, -0.25) is 19.2 Å². The second-order valence-electron chi connectivity index (χ2n) is 6.06. The summed E-state index contributed by atoms with van der Waals surface area (Å²) in [5.74, 6) is -1.13. The minimum Gasteiger partial charge on any atom is -0.300 e. The third-order valence-electron chi connectivity index (χ3n) is 3.78. The van der Waals surface area contributed by atoms with Crippen LogP contribution in [0.1, 0.15) is 44.4 Å². The van der Waals surface area contributed by atoms with Crippen molar-refractivity contribution in [2.75, 3.05) is 0 Å². The molecule has 4 nitrogen and oxygen atoms in total. The standard InChI is InChI=1S/C14H10O2.C10H10O2/c15-13(11-7-3-1-4-8-11)14(16)12-9-5-2-6-10-12;1-8(11)7-10(12)9-5-3-2-4-6-9/h1-10H;2-6H,7H2,1H3. The van der Waals surface area contributed by atoms with Crippen molar-refractivity contribution in [1.29, 1.82) is 0 Å². The lowest BCUT2D eigenvalue weighted by molar-refractivity contribution is -0.116. The number of carbonyl (C=O) groups excluding carboxylic acids is 4. The summed E-state index contributed by atoms with van der Waals surface area (Å²) in [6.07, 6.45) is 0.00398. The second-order valence-corrected chi connectivity index (χ2v) is 6.06. The molecule has 0 aliphatic heterocycles. The molecule has 0 fully saturated rings. The van der Waals surface area contributed by atoms with Crippen LogP contribution in [0.25, 0.3) is 0 Å². The van der Waals surface area contributed by atoms with E-state index in [1.807, 2.05) is 18.2 Å². The molecular formula is C24H20O4. The maximum atomic E-state index is 11.8. The van der Waals surface area contributed by atoms with Gasteiger partial charge in [0.05, 0.1) is 6.42 Å². The molecule has 0 aliphatic rings. The lowest BCUT2D eigenvalue weighted by Crippen LogP contribution is -2.14. The first-order chi connectivity index (χ1) is 13.5. The lowest BCUT2D eigenvalue weighted by atomic mass is 10.0. The molecule has 0 saturated carbocycles. The molecule has 0 saturated heterocycles. The SMILES string of the molecule is CC(=O)CC(=O)c1ccccc1.O=C(C(=O)c1ccccc1)c1ccccc1. The maximum absolute atomic E-state index is 11.8. The molecule has 0 radical (unpaired) electrons. The summed E-state index contributed by atoms with van der Waals surface area (Å²) < 4.78 is 0. The first kappa shape index (κ1) is 20.6. The fraction of sp³-hybridized carbons (Fsp3) is 0.0833. The van der Waals surface area contributed by atoms with Crippen molar-refractivity contribution in [2.45, 2.75) is 13.3 Å². The molecular weight excluding hydrogens is 352 g/mol. The van der Waals surface area contributed by atoms with Gasteiger partial charge in [-0.05, 0) is 6.92 Å². The number of rotatable bonds is 6. The van der Waals surface area contributed by atoms with Crippen molar-refractivity contribution < 1.29 is 19.2 Å². The Bertz CT molecular complexity index is 896. The zero-order valence-electron chi connectivity index (χ0n) is 15.5. The van der Waals surface area contributed by atoms with E-state index in [-0.39, 0.29) is 18.0 Å². The van der Waals surface area contributed by atoms with Gasteiger partial charge in [-0.15, -0.1) is 0 Å². The number of carbonyl (C=O) groups is 4. The lowest BCUT2D eigenvalue weighted by Gasteiger charge is -1.99. The van der Waals surface area contributed by atoms with E-state index in [0.29, 0.717) is 16.7 Å². The van der Waals surface area contributed by atoms with E-state index in [1.54, 1.807) is 72.8 Å². The molecule has 0 aromatic heterocycles. The first-order valence-corrected chi connectivity index (χ1v) is 8.76. The van der Waals surface area contributed by atoms with Crippen LogP contribution in [0, 0.1) is 0 Å². The number of ketones is 4. The van der Waals surface area contributed by atoms with Gasteiger partial charge in [0.15, 0.2) is 5.78 Å². The van der Waals surface area contributed by atoms with Crippen LogP contribution in [0.3, 0.4) is 0 Å². The third kappa shape index (κ3) is 6.25. The molecule has 4 heteroatoms. The molecule has 28 heavy (non-hydrogen) atoms. The highest BCUT2D eigenvalue weighted by Crippen LogP contribution is 2.07. The van der Waals surface area contributed by atoms with Crippen LogP contribution in [0.5, 0.6) is 0 Å². The molecule has 0 spiro atoms. The molecule has 0 amide bonds. The molecule has 0 atom stereocenters. The van der Waals surface area contributed by atoms with Crippen molar-refractivity contribution in [1.82, 2.24) is 0 Å². The Hall–Kier alpha value is -3.66. The number of hydrogen-bond donors (Lipinski definition) is 0. The Kier molecular flexibility index (Phi) is 7.73. The van der Waals surface area contributed by atoms with Gasteiger partial charge in [0.25, 0.3) is 0 Å². The third-order valence-corrected chi connectivity index (χ3v) is 3.78. The van der Waals surface area contributed by atoms with E-state index >= 15 is 0 Å². The van der Waals surface area contributed by atoms with E-state index in [0.717, 1.165) is 0 Å². The summed E-state index contributed by atoms with van der Waals surface area (Å²) in [4.78, 5) is 45.4. The molecule has 0 N–H and O–H groups in total. The van der Waals surface area contributed by atoms with Gasteiger partial charge in [0.2, 0.25) is 11.6 Å². The van der Waals surface area contributed by atoms with Crippen molar-refractivity contribution in [3.8, 4) is 0 Å². The average molecular weight is 372 g/mol. The Balaban J connectivity index is 0.000000209. The average Bonchev–Trinajstić information content (AvgIpc) is 2.74. The topological polar surface area (TPSA) is 68.3 Å². The first-order valence-electron chi connectivity index (χ1n) is 8.76. The molecule has 0 aliphatic carbocycles. The summed E-state index contributed by atoms with van der Waals surface area (Å²) in [7, 11) is 0. The number of hydrogen-bond acceptors (Lipinski definition) is 4. The molecule has 140 valence electrons. The van der Waals surface area contributed by atoms with Crippen LogP contribution in [0.15, 0.2) is 91.0 Å². The van der Waals surface area contributed by atoms with Gasteiger partial charge in [0.1, 0.15) is 5.78 Å². The molecule has 0 heterocycles. The molecule has 0 unspecified atom stereocenters. The monoisotopic (exact) mass is 372 g/mol. The van der Waals surface area contributed by atoms with E-state index in [2.05, 4.69) is 0 Å². The van der Waals surface area contributed by atoms with E-state index in [1.165, 1.54) is 6.92 Å². The Morgan fingerprint density at radius 1 is 0.536 bits per heavy atom. The predicted molar refractivity (Wildman–Crippen MR) is 108 cm³/mol. The van der Waals surface area contributed by atoms with Crippen molar-refractivity contribution in [3.05, 3.63) is 108 Å². The van der Waals surface area contributed by atoms with Gasteiger partial charge in [-0.1, -0.05) is 91.0 Å². The summed E-state index contributed by atoms with van der Waals surface area (Å²) in [6, 6.07) is 26.0. The van der Waals surface area contributed by atoms with Gasteiger partial charge in [-0.25, -0.2) is 0 Å². The van der Waals surface area contributed by atoms with E-state index in [9.17, 15) is 19.2 Å². The van der Waals surface area contributed by atoms with Crippen molar-refractivity contribution >= 4 is 23.1 Å².